The fourth-order valence-corrected chi connectivity index (χ4v) is 2.37. The number of hydrogen-bond donors (Lipinski definition) is 1. The first kappa shape index (κ1) is 11.3. The molecule has 0 atom stereocenters. The molecule has 0 unspecified atom stereocenters. The molecule has 0 bridgehead atoms. The molecule has 0 aliphatic heterocycles. The highest BCUT2D eigenvalue weighted by Crippen LogP contribution is 2.30. The number of aromatic nitrogens is 2. The van der Waals surface area contributed by atoms with Crippen molar-refractivity contribution < 1.29 is 8.78 Å². The standard InChI is InChI=1S/C13H7BrF2N2/c14-7-3-1-4-8(15)11(7)13-17-10-6-2-5-9(16)12(10)18-13/h1-6H,(H,17,18). The Bertz CT molecular complexity index is 717. The lowest BCUT2D eigenvalue weighted by Gasteiger charge is -2.01. The van der Waals surface area contributed by atoms with Gasteiger partial charge < -0.3 is 4.98 Å². The number of nitrogens with one attached hydrogen (secondary N) is 1. The Kier molecular flexibility index (Phi) is 2.63. The molecule has 1 N–H and O–H groups in total. The molecule has 1 aromatic heterocycles. The quantitative estimate of drug-likeness (QED) is 0.714. The topological polar surface area (TPSA) is 28.7 Å². The van der Waals surface area contributed by atoms with Crippen molar-refractivity contribution in [3.63, 3.8) is 0 Å². The highest BCUT2D eigenvalue weighted by molar-refractivity contribution is 9.10. The highest BCUT2D eigenvalue weighted by Gasteiger charge is 2.14. The first-order chi connectivity index (χ1) is 8.66. The van der Waals surface area contributed by atoms with Gasteiger partial charge in [-0.2, -0.15) is 0 Å². The van der Waals surface area contributed by atoms with E-state index in [-0.39, 0.29) is 5.52 Å². The summed E-state index contributed by atoms with van der Waals surface area (Å²) in [4.78, 5) is 7.02. The van der Waals surface area contributed by atoms with E-state index in [0.717, 1.165) is 0 Å². The summed E-state index contributed by atoms with van der Waals surface area (Å²) in [6.45, 7) is 0. The largest absolute Gasteiger partial charge is 0.338 e. The number of fused-ring (bicyclic) bond motifs is 1. The third-order valence-electron chi connectivity index (χ3n) is 2.66. The van der Waals surface area contributed by atoms with Gasteiger partial charge in [0.15, 0.2) is 5.82 Å². The van der Waals surface area contributed by atoms with Crippen LogP contribution in [0.5, 0.6) is 0 Å². The van der Waals surface area contributed by atoms with Gasteiger partial charge in [-0.3, -0.25) is 0 Å². The molecule has 0 aliphatic carbocycles. The number of hydrogen-bond acceptors (Lipinski definition) is 1. The molecule has 5 heteroatoms. The second kappa shape index (κ2) is 4.17. The summed E-state index contributed by atoms with van der Waals surface area (Å²) in [6, 6.07) is 9.24. The minimum absolute atomic E-state index is 0.211. The van der Waals surface area contributed by atoms with Crippen molar-refractivity contribution in [3.05, 3.63) is 52.5 Å². The summed E-state index contributed by atoms with van der Waals surface area (Å²) in [5, 5.41) is 0. The highest BCUT2D eigenvalue weighted by atomic mass is 79.9. The average molecular weight is 309 g/mol. The average Bonchev–Trinajstić information content (AvgIpc) is 2.74. The van der Waals surface area contributed by atoms with Gasteiger partial charge in [0.25, 0.3) is 0 Å². The van der Waals surface area contributed by atoms with Crippen LogP contribution in [0.4, 0.5) is 8.78 Å². The SMILES string of the molecule is Fc1cccc(Br)c1-c1nc2c(F)cccc2[nH]1. The van der Waals surface area contributed by atoms with E-state index in [1.54, 1.807) is 24.3 Å². The zero-order chi connectivity index (χ0) is 12.7. The Hall–Kier alpha value is -1.75. The summed E-state index contributed by atoms with van der Waals surface area (Å²) in [5.74, 6) is -0.536. The molecule has 3 rings (SSSR count). The van der Waals surface area contributed by atoms with Gasteiger partial charge in [-0.1, -0.05) is 12.1 Å². The molecular weight excluding hydrogens is 302 g/mol. The van der Waals surface area contributed by atoms with Gasteiger partial charge >= 0.3 is 0 Å². The summed E-state index contributed by atoms with van der Waals surface area (Å²) in [7, 11) is 0. The summed E-state index contributed by atoms with van der Waals surface area (Å²) in [6.07, 6.45) is 0. The molecule has 90 valence electrons. The summed E-state index contributed by atoms with van der Waals surface area (Å²) in [5.41, 5.74) is 1.05. The Balaban J connectivity index is 2.30. The fourth-order valence-electron chi connectivity index (χ4n) is 1.84. The fraction of sp³-hybridized carbons (Fsp3) is 0. The predicted molar refractivity (Wildman–Crippen MR) is 69.1 cm³/mol. The van der Waals surface area contributed by atoms with Crippen LogP contribution in [0.25, 0.3) is 22.4 Å². The number of rotatable bonds is 1. The number of aromatic amines is 1. The van der Waals surface area contributed by atoms with Crippen LogP contribution in [-0.2, 0) is 0 Å². The number of nitrogens with zero attached hydrogens (tertiary/aromatic N) is 1. The lowest BCUT2D eigenvalue weighted by atomic mass is 10.2. The van der Waals surface area contributed by atoms with Crippen LogP contribution in [-0.4, -0.2) is 9.97 Å². The first-order valence-corrected chi connectivity index (χ1v) is 6.05. The number of H-pyrrole nitrogens is 1. The first-order valence-electron chi connectivity index (χ1n) is 5.25. The molecule has 0 saturated heterocycles. The van der Waals surface area contributed by atoms with E-state index >= 15 is 0 Å². The van der Waals surface area contributed by atoms with Crippen molar-refractivity contribution in [1.82, 2.24) is 9.97 Å². The Morgan fingerprint density at radius 3 is 2.44 bits per heavy atom. The van der Waals surface area contributed by atoms with Crippen LogP contribution in [0.2, 0.25) is 0 Å². The van der Waals surface area contributed by atoms with E-state index in [4.69, 9.17) is 0 Å². The monoisotopic (exact) mass is 308 g/mol. The van der Waals surface area contributed by atoms with Gasteiger partial charge in [0.1, 0.15) is 17.2 Å². The third kappa shape index (κ3) is 1.71. The van der Waals surface area contributed by atoms with Gasteiger partial charge in [-0.25, -0.2) is 13.8 Å². The van der Waals surface area contributed by atoms with Crippen molar-refractivity contribution in [1.29, 1.82) is 0 Å². The zero-order valence-corrected chi connectivity index (χ0v) is 10.6. The second-order valence-electron chi connectivity index (χ2n) is 3.82. The Morgan fingerprint density at radius 1 is 1.00 bits per heavy atom. The molecule has 3 aromatic rings. The predicted octanol–water partition coefficient (Wildman–Crippen LogP) is 4.27. The molecule has 1 heterocycles. The normalized spacial score (nSPS) is 11.1. The molecule has 0 aliphatic rings. The lowest BCUT2D eigenvalue weighted by molar-refractivity contribution is 0.629. The Morgan fingerprint density at radius 2 is 1.72 bits per heavy atom. The Labute approximate surface area is 110 Å². The minimum Gasteiger partial charge on any atom is -0.338 e. The maximum Gasteiger partial charge on any atom is 0.151 e. The van der Waals surface area contributed by atoms with Crippen molar-refractivity contribution in [2.45, 2.75) is 0 Å². The smallest absolute Gasteiger partial charge is 0.151 e. The van der Waals surface area contributed by atoms with Crippen LogP contribution >= 0.6 is 15.9 Å². The molecule has 2 aromatic carbocycles. The summed E-state index contributed by atoms with van der Waals surface area (Å²) >= 11 is 3.27. The van der Waals surface area contributed by atoms with Crippen LogP contribution in [0, 0.1) is 11.6 Å². The van der Waals surface area contributed by atoms with E-state index in [9.17, 15) is 8.78 Å². The lowest BCUT2D eigenvalue weighted by Crippen LogP contribution is -1.87. The van der Waals surface area contributed by atoms with E-state index in [2.05, 4.69) is 25.9 Å². The van der Waals surface area contributed by atoms with Crippen LogP contribution in [0.3, 0.4) is 0 Å². The van der Waals surface area contributed by atoms with E-state index in [1.165, 1.54) is 12.1 Å². The third-order valence-corrected chi connectivity index (χ3v) is 3.32. The number of benzene rings is 2. The second-order valence-corrected chi connectivity index (χ2v) is 4.67. The van der Waals surface area contributed by atoms with E-state index in [1.807, 2.05) is 0 Å². The van der Waals surface area contributed by atoms with Gasteiger partial charge in [-0.05, 0) is 40.2 Å². The molecule has 0 fully saturated rings. The van der Waals surface area contributed by atoms with Gasteiger partial charge in [-0.15, -0.1) is 0 Å². The van der Waals surface area contributed by atoms with Crippen LogP contribution < -0.4 is 0 Å². The number of para-hydroxylation sites is 1. The van der Waals surface area contributed by atoms with Crippen molar-refractivity contribution in [3.8, 4) is 11.4 Å². The molecule has 2 nitrogen and oxygen atoms in total. The molecule has 18 heavy (non-hydrogen) atoms. The van der Waals surface area contributed by atoms with Crippen LogP contribution in [0.1, 0.15) is 0 Å². The van der Waals surface area contributed by atoms with Crippen molar-refractivity contribution in [2.75, 3.05) is 0 Å². The molecule has 0 amide bonds. The molecule has 0 radical (unpaired) electrons. The minimum atomic E-state index is -0.428. The van der Waals surface area contributed by atoms with Gasteiger partial charge in [0.2, 0.25) is 0 Å². The van der Waals surface area contributed by atoms with Gasteiger partial charge in [0.05, 0.1) is 11.1 Å². The molecule has 0 spiro atoms. The maximum absolute atomic E-state index is 13.8. The number of imidazole rings is 1. The van der Waals surface area contributed by atoms with Crippen LogP contribution in [0.15, 0.2) is 40.9 Å². The number of halogens is 3. The molecule has 0 saturated carbocycles. The van der Waals surface area contributed by atoms with Crippen molar-refractivity contribution in [2.24, 2.45) is 0 Å². The molecular formula is C13H7BrF2N2. The zero-order valence-electron chi connectivity index (χ0n) is 9.05. The van der Waals surface area contributed by atoms with Crippen molar-refractivity contribution >= 4 is 27.0 Å². The maximum atomic E-state index is 13.8. The van der Waals surface area contributed by atoms with E-state index < -0.39 is 11.6 Å². The van der Waals surface area contributed by atoms with Gasteiger partial charge in [0, 0.05) is 4.47 Å². The van der Waals surface area contributed by atoms with E-state index in [0.29, 0.717) is 21.4 Å². The summed E-state index contributed by atoms with van der Waals surface area (Å²) < 4.78 is 27.9.